The van der Waals surface area contributed by atoms with E-state index in [9.17, 15) is 8.42 Å². The fourth-order valence-electron chi connectivity index (χ4n) is 2.81. The molecule has 0 bridgehead atoms. The topological polar surface area (TPSA) is 63.4 Å². The van der Waals surface area contributed by atoms with Crippen molar-refractivity contribution < 1.29 is 8.42 Å². The first-order valence-electron chi connectivity index (χ1n) is 7.32. The van der Waals surface area contributed by atoms with E-state index in [1.807, 2.05) is 30.3 Å². The second-order valence-electron chi connectivity index (χ2n) is 5.60. The Morgan fingerprint density at radius 2 is 1.76 bits per heavy atom. The molecular weight excluding hydrogens is 284 g/mol. The molecule has 2 aromatic carbocycles. The van der Waals surface area contributed by atoms with Gasteiger partial charge in [0.1, 0.15) is 0 Å². The minimum absolute atomic E-state index is 0.113. The molecule has 1 saturated heterocycles. The van der Waals surface area contributed by atoms with Gasteiger partial charge in [0.05, 0.1) is 4.90 Å². The number of hydrogen-bond acceptors (Lipinski definition) is 3. The molecule has 0 amide bonds. The van der Waals surface area contributed by atoms with Crippen LogP contribution in [0.5, 0.6) is 0 Å². The number of sulfonamides is 1. The Kier molecular flexibility index (Phi) is 3.97. The van der Waals surface area contributed by atoms with Crippen molar-refractivity contribution in [1.82, 2.24) is 4.31 Å². The Balaban J connectivity index is 1.95. The molecular formula is C16H20N2O2S. The highest BCUT2D eigenvalue weighted by molar-refractivity contribution is 7.89. The monoisotopic (exact) mass is 304 g/mol. The summed E-state index contributed by atoms with van der Waals surface area (Å²) >= 11 is 0. The van der Waals surface area contributed by atoms with Crippen LogP contribution in [0.15, 0.2) is 47.4 Å². The van der Waals surface area contributed by atoms with Crippen LogP contribution in [0.4, 0.5) is 0 Å². The number of fused-ring (bicyclic) bond motifs is 1. The standard InChI is InChI=1S/C16H20N2O2S/c17-15-6-3-10-18(11-9-15)21(19,20)16-8-7-13-4-1-2-5-14(13)12-16/h1-2,4-5,7-8,12,15H,3,6,9-11,17H2. The Bertz CT molecular complexity index is 743. The van der Waals surface area contributed by atoms with E-state index in [1.165, 1.54) is 0 Å². The molecule has 2 N–H and O–H groups in total. The second-order valence-corrected chi connectivity index (χ2v) is 7.54. The zero-order chi connectivity index (χ0) is 14.9. The van der Waals surface area contributed by atoms with Gasteiger partial charge in [0.25, 0.3) is 0 Å². The Hall–Kier alpha value is -1.43. The predicted molar refractivity (Wildman–Crippen MR) is 84.5 cm³/mol. The molecule has 1 aliphatic heterocycles. The summed E-state index contributed by atoms with van der Waals surface area (Å²) in [6, 6.07) is 13.2. The molecule has 3 rings (SSSR count). The third-order valence-corrected chi connectivity index (χ3v) is 5.99. The molecule has 2 aromatic rings. The number of hydrogen-bond donors (Lipinski definition) is 1. The number of benzene rings is 2. The molecule has 4 nitrogen and oxygen atoms in total. The van der Waals surface area contributed by atoms with Crippen LogP contribution in [0.3, 0.4) is 0 Å². The van der Waals surface area contributed by atoms with Gasteiger partial charge in [-0.15, -0.1) is 0 Å². The maximum atomic E-state index is 12.8. The van der Waals surface area contributed by atoms with Gasteiger partial charge in [-0.3, -0.25) is 0 Å². The van der Waals surface area contributed by atoms with Gasteiger partial charge in [0.2, 0.25) is 10.0 Å². The van der Waals surface area contributed by atoms with Crippen molar-refractivity contribution in [3.63, 3.8) is 0 Å². The first-order chi connectivity index (χ1) is 10.1. The van der Waals surface area contributed by atoms with Gasteiger partial charge >= 0.3 is 0 Å². The van der Waals surface area contributed by atoms with Gasteiger partial charge in [-0.05, 0) is 42.2 Å². The Morgan fingerprint density at radius 3 is 2.57 bits per heavy atom. The normalized spacial score (nSPS) is 21.3. The number of rotatable bonds is 2. The zero-order valence-corrected chi connectivity index (χ0v) is 12.7. The molecule has 1 heterocycles. The van der Waals surface area contributed by atoms with Crippen LogP contribution < -0.4 is 5.73 Å². The lowest BCUT2D eigenvalue weighted by atomic mass is 10.1. The smallest absolute Gasteiger partial charge is 0.243 e. The van der Waals surface area contributed by atoms with Crippen LogP contribution in [-0.4, -0.2) is 31.9 Å². The van der Waals surface area contributed by atoms with Crippen LogP contribution in [0.1, 0.15) is 19.3 Å². The van der Waals surface area contributed by atoms with Gasteiger partial charge < -0.3 is 5.73 Å². The van der Waals surface area contributed by atoms with E-state index in [0.717, 1.165) is 30.0 Å². The fourth-order valence-corrected chi connectivity index (χ4v) is 4.34. The van der Waals surface area contributed by atoms with Crippen LogP contribution >= 0.6 is 0 Å². The maximum Gasteiger partial charge on any atom is 0.243 e. The van der Waals surface area contributed by atoms with Crippen molar-refractivity contribution in [2.45, 2.75) is 30.2 Å². The van der Waals surface area contributed by atoms with Crippen LogP contribution in [-0.2, 0) is 10.0 Å². The average Bonchev–Trinajstić information content (AvgIpc) is 2.72. The number of nitrogens with two attached hydrogens (primary N) is 1. The summed E-state index contributed by atoms with van der Waals surface area (Å²) in [6.45, 7) is 1.07. The van der Waals surface area contributed by atoms with E-state index in [2.05, 4.69) is 0 Å². The first kappa shape index (κ1) is 14.5. The second kappa shape index (κ2) is 5.75. The molecule has 1 aliphatic rings. The van der Waals surface area contributed by atoms with Crippen molar-refractivity contribution in [2.24, 2.45) is 5.73 Å². The van der Waals surface area contributed by atoms with Gasteiger partial charge in [-0.2, -0.15) is 4.31 Å². The van der Waals surface area contributed by atoms with Crippen molar-refractivity contribution in [3.8, 4) is 0 Å². The minimum atomic E-state index is -3.42. The summed E-state index contributed by atoms with van der Waals surface area (Å²) in [6.07, 6.45) is 2.45. The highest BCUT2D eigenvalue weighted by atomic mass is 32.2. The van der Waals surface area contributed by atoms with Crippen molar-refractivity contribution in [1.29, 1.82) is 0 Å². The van der Waals surface area contributed by atoms with Gasteiger partial charge in [0, 0.05) is 19.1 Å². The molecule has 0 spiro atoms. The first-order valence-corrected chi connectivity index (χ1v) is 8.76. The average molecular weight is 304 g/mol. The molecule has 0 saturated carbocycles. The summed E-state index contributed by atoms with van der Waals surface area (Å²) in [7, 11) is -3.42. The zero-order valence-electron chi connectivity index (χ0n) is 11.9. The quantitative estimate of drug-likeness (QED) is 0.926. The molecule has 5 heteroatoms. The highest BCUT2D eigenvalue weighted by Gasteiger charge is 2.26. The Morgan fingerprint density at radius 1 is 1.00 bits per heavy atom. The van der Waals surface area contributed by atoms with Crippen molar-refractivity contribution in [3.05, 3.63) is 42.5 Å². The molecule has 0 aliphatic carbocycles. The Labute approximate surface area is 125 Å². The van der Waals surface area contributed by atoms with Gasteiger partial charge in [0.15, 0.2) is 0 Å². The van der Waals surface area contributed by atoms with Gasteiger partial charge in [-0.1, -0.05) is 30.3 Å². The third-order valence-electron chi connectivity index (χ3n) is 4.09. The van der Waals surface area contributed by atoms with E-state index in [1.54, 1.807) is 16.4 Å². The molecule has 0 aromatic heterocycles. The van der Waals surface area contributed by atoms with E-state index < -0.39 is 10.0 Å². The SMILES string of the molecule is NC1CCCN(S(=O)(=O)c2ccc3ccccc3c2)CC1. The molecule has 0 radical (unpaired) electrons. The van der Waals surface area contributed by atoms with Crippen LogP contribution in [0.25, 0.3) is 10.8 Å². The third kappa shape index (κ3) is 2.95. The lowest BCUT2D eigenvalue weighted by molar-refractivity contribution is 0.421. The van der Waals surface area contributed by atoms with Crippen molar-refractivity contribution in [2.75, 3.05) is 13.1 Å². The van der Waals surface area contributed by atoms with E-state index in [-0.39, 0.29) is 6.04 Å². The summed E-state index contributed by atoms with van der Waals surface area (Å²) in [5.74, 6) is 0. The van der Waals surface area contributed by atoms with Crippen LogP contribution in [0.2, 0.25) is 0 Å². The number of nitrogens with zero attached hydrogens (tertiary/aromatic N) is 1. The largest absolute Gasteiger partial charge is 0.328 e. The van der Waals surface area contributed by atoms with Crippen molar-refractivity contribution >= 4 is 20.8 Å². The predicted octanol–water partition coefficient (Wildman–Crippen LogP) is 2.34. The fraction of sp³-hybridized carbons (Fsp3) is 0.375. The summed E-state index contributed by atoms with van der Waals surface area (Å²) in [5.41, 5.74) is 5.93. The molecule has 1 unspecified atom stereocenters. The molecule has 21 heavy (non-hydrogen) atoms. The summed E-state index contributed by atoms with van der Waals surface area (Å²) in [4.78, 5) is 0.372. The molecule has 1 fully saturated rings. The van der Waals surface area contributed by atoms with E-state index >= 15 is 0 Å². The maximum absolute atomic E-state index is 12.8. The lowest BCUT2D eigenvalue weighted by Crippen LogP contribution is -2.32. The minimum Gasteiger partial charge on any atom is -0.328 e. The molecule has 1 atom stereocenters. The lowest BCUT2D eigenvalue weighted by Gasteiger charge is -2.20. The van der Waals surface area contributed by atoms with Gasteiger partial charge in [-0.25, -0.2) is 8.42 Å². The van der Waals surface area contributed by atoms with E-state index in [4.69, 9.17) is 5.73 Å². The molecule has 112 valence electrons. The summed E-state index contributed by atoms with van der Waals surface area (Å²) in [5, 5.41) is 2.00. The summed E-state index contributed by atoms with van der Waals surface area (Å²) < 4.78 is 27.1. The highest BCUT2D eigenvalue weighted by Crippen LogP contribution is 2.23. The van der Waals surface area contributed by atoms with Crippen LogP contribution in [0, 0.1) is 0 Å². The van der Waals surface area contributed by atoms with E-state index in [0.29, 0.717) is 18.0 Å².